The third kappa shape index (κ3) is 4.23. The molecule has 0 fully saturated rings. The lowest BCUT2D eigenvalue weighted by Gasteiger charge is -2.12. The Kier molecular flexibility index (Phi) is 5.41. The lowest BCUT2D eigenvalue weighted by molar-refractivity contribution is 0.0958. The molecule has 0 aliphatic rings. The van der Waals surface area contributed by atoms with Crippen LogP contribution in [0, 0.1) is 13.8 Å². The predicted octanol–water partition coefficient (Wildman–Crippen LogP) is 3.02. The topological polar surface area (TPSA) is 75.3 Å². The highest BCUT2D eigenvalue weighted by Crippen LogP contribution is 2.21. The van der Waals surface area contributed by atoms with E-state index in [9.17, 15) is 13.2 Å². The van der Waals surface area contributed by atoms with Gasteiger partial charge in [-0.3, -0.25) is 9.52 Å². The molecular formula is C18H20N2O3S. The van der Waals surface area contributed by atoms with Gasteiger partial charge in [0.25, 0.3) is 15.9 Å². The molecule has 0 spiro atoms. The average molecular weight is 344 g/mol. The number of sulfonamides is 1. The SMILES string of the molecule is C=CCNC(=O)c1cccc(S(=O)(=O)Nc2ccc(C)cc2C)c1. The molecular weight excluding hydrogens is 324 g/mol. The number of carbonyl (C=O) groups is 1. The standard InChI is InChI=1S/C18H20N2O3S/c1-4-10-19-18(21)15-6-5-7-16(12-15)24(22,23)20-17-9-8-13(2)11-14(17)3/h4-9,11-12,20H,1,10H2,2-3H3,(H,19,21). The van der Waals surface area contributed by atoms with Gasteiger partial charge in [0, 0.05) is 12.1 Å². The Bertz CT molecular complexity index is 874. The van der Waals surface area contributed by atoms with Crippen LogP contribution in [0.4, 0.5) is 5.69 Å². The van der Waals surface area contributed by atoms with Crippen LogP contribution in [0.1, 0.15) is 21.5 Å². The largest absolute Gasteiger partial charge is 0.349 e. The van der Waals surface area contributed by atoms with Crippen LogP contribution < -0.4 is 10.0 Å². The van der Waals surface area contributed by atoms with Crippen molar-refractivity contribution < 1.29 is 13.2 Å². The van der Waals surface area contributed by atoms with E-state index in [0.29, 0.717) is 12.2 Å². The second-order valence-electron chi connectivity index (χ2n) is 5.45. The Labute approximate surface area is 142 Å². The van der Waals surface area contributed by atoms with E-state index in [-0.39, 0.29) is 16.4 Å². The summed E-state index contributed by atoms with van der Waals surface area (Å²) in [5, 5.41) is 2.62. The molecule has 0 unspecified atom stereocenters. The lowest BCUT2D eigenvalue weighted by Crippen LogP contribution is -2.23. The zero-order valence-corrected chi connectivity index (χ0v) is 14.5. The molecule has 0 bridgehead atoms. The smallest absolute Gasteiger partial charge is 0.261 e. The molecule has 0 atom stereocenters. The number of hydrogen-bond acceptors (Lipinski definition) is 3. The van der Waals surface area contributed by atoms with E-state index in [1.165, 1.54) is 12.1 Å². The first-order valence-electron chi connectivity index (χ1n) is 7.43. The highest BCUT2D eigenvalue weighted by atomic mass is 32.2. The van der Waals surface area contributed by atoms with E-state index >= 15 is 0 Å². The number of carbonyl (C=O) groups excluding carboxylic acids is 1. The third-order valence-electron chi connectivity index (χ3n) is 3.44. The summed E-state index contributed by atoms with van der Waals surface area (Å²) in [6, 6.07) is 11.4. The second-order valence-corrected chi connectivity index (χ2v) is 7.13. The fourth-order valence-corrected chi connectivity index (χ4v) is 3.38. The summed E-state index contributed by atoms with van der Waals surface area (Å²) in [6.45, 7) is 7.62. The molecule has 2 rings (SSSR count). The van der Waals surface area contributed by atoms with Gasteiger partial charge in [0.05, 0.1) is 10.6 Å². The second kappa shape index (κ2) is 7.31. The van der Waals surface area contributed by atoms with Crippen LogP contribution in [0.2, 0.25) is 0 Å². The molecule has 0 saturated carbocycles. The molecule has 2 N–H and O–H groups in total. The number of anilines is 1. The molecule has 6 heteroatoms. The Morgan fingerprint density at radius 1 is 1.17 bits per heavy atom. The average Bonchev–Trinajstić information content (AvgIpc) is 2.55. The van der Waals surface area contributed by atoms with Crippen LogP contribution in [0.25, 0.3) is 0 Å². The minimum absolute atomic E-state index is 0.0359. The highest BCUT2D eigenvalue weighted by Gasteiger charge is 2.17. The first-order chi connectivity index (χ1) is 11.3. The molecule has 24 heavy (non-hydrogen) atoms. The van der Waals surface area contributed by atoms with Crippen molar-refractivity contribution in [3.8, 4) is 0 Å². The van der Waals surface area contributed by atoms with Crippen LogP contribution in [-0.2, 0) is 10.0 Å². The summed E-state index contributed by atoms with van der Waals surface area (Å²) in [5.74, 6) is -0.349. The molecule has 2 aromatic carbocycles. The van der Waals surface area contributed by atoms with Gasteiger partial charge in [-0.15, -0.1) is 6.58 Å². The van der Waals surface area contributed by atoms with Crippen molar-refractivity contribution in [2.75, 3.05) is 11.3 Å². The number of aryl methyl sites for hydroxylation is 2. The molecule has 0 aromatic heterocycles. The summed E-state index contributed by atoms with van der Waals surface area (Å²) >= 11 is 0. The maximum Gasteiger partial charge on any atom is 0.261 e. The van der Waals surface area contributed by atoms with Crippen LogP contribution >= 0.6 is 0 Å². The third-order valence-corrected chi connectivity index (χ3v) is 4.80. The molecule has 1 amide bonds. The predicted molar refractivity (Wildman–Crippen MR) is 95.7 cm³/mol. The first-order valence-corrected chi connectivity index (χ1v) is 8.91. The van der Waals surface area contributed by atoms with Gasteiger partial charge in [-0.2, -0.15) is 0 Å². The van der Waals surface area contributed by atoms with Gasteiger partial charge in [-0.05, 0) is 43.7 Å². The molecule has 0 aliphatic heterocycles. The van der Waals surface area contributed by atoms with Crippen LogP contribution in [0.3, 0.4) is 0 Å². The minimum atomic E-state index is -3.78. The molecule has 2 aromatic rings. The zero-order valence-electron chi connectivity index (χ0n) is 13.7. The maximum atomic E-state index is 12.6. The minimum Gasteiger partial charge on any atom is -0.349 e. The Balaban J connectivity index is 2.29. The van der Waals surface area contributed by atoms with Crippen LogP contribution in [-0.4, -0.2) is 20.9 Å². The zero-order chi connectivity index (χ0) is 17.7. The van der Waals surface area contributed by atoms with Crippen LogP contribution in [0.15, 0.2) is 60.0 Å². The summed E-state index contributed by atoms with van der Waals surface area (Å²) in [5.41, 5.74) is 2.68. The van der Waals surface area contributed by atoms with Crippen molar-refractivity contribution in [1.82, 2.24) is 5.32 Å². The molecule has 0 saturated heterocycles. The van der Waals surface area contributed by atoms with Gasteiger partial charge in [-0.1, -0.05) is 29.8 Å². The van der Waals surface area contributed by atoms with Crippen molar-refractivity contribution in [2.24, 2.45) is 0 Å². The van der Waals surface area contributed by atoms with Crippen molar-refractivity contribution in [3.05, 3.63) is 71.8 Å². The van der Waals surface area contributed by atoms with Gasteiger partial charge in [0.15, 0.2) is 0 Å². The van der Waals surface area contributed by atoms with E-state index in [4.69, 9.17) is 0 Å². The summed E-state index contributed by atoms with van der Waals surface area (Å²) in [7, 11) is -3.78. The van der Waals surface area contributed by atoms with E-state index in [1.54, 1.807) is 24.3 Å². The number of hydrogen-bond donors (Lipinski definition) is 2. The quantitative estimate of drug-likeness (QED) is 0.791. The molecule has 0 aliphatic carbocycles. The summed E-state index contributed by atoms with van der Waals surface area (Å²) in [4.78, 5) is 12.0. The van der Waals surface area contributed by atoms with E-state index in [1.807, 2.05) is 26.0 Å². The summed E-state index contributed by atoms with van der Waals surface area (Å²) in [6.07, 6.45) is 1.56. The van der Waals surface area contributed by atoms with Crippen molar-refractivity contribution in [3.63, 3.8) is 0 Å². The first kappa shape index (κ1) is 17.7. The molecule has 5 nitrogen and oxygen atoms in total. The van der Waals surface area contributed by atoms with Gasteiger partial charge in [0.2, 0.25) is 0 Å². The molecule has 0 radical (unpaired) electrons. The number of nitrogens with one attached hydrogen (secondary N) is 2. The normalized spacial score (nSPS) is 10.9. The van der Waals surface area contributed by atoms with E-state index < -0.39 is 10.0 Å². The number of benzene rings is 2. The van der Waals surface area contributed by atoms with Crippen LogP contribution in [0.5, 0.6) is 0 Å². The van der Waals surface area contributed by atoms with E-state index in [0.717, 1.165) is 11.1 Å². The molecule has 126 valence electrons. The Morgan fingerprint density at radius 2 is 1.92 bits per heavy atom. The monoisotopic (exact) mass is 344 g/mol. The number of rotatable bonds is 6. The van der Waals surface area contributed by atoms with Gasteiger partial charge in [0.1, 0.15) is 0 Å². The maximum absolute atomic E-state index is 12.6. The number of amides is 1. The fourth-order valence-electron chi connectivity index (χ4n) is 2.20. The molecule has 0 heterocycles. The van der Waals surface area contributed by atoms with Gasteiger partial charge >= 0.3 is 0 Å². The van der Waals surface area contributed by atoms with E-state index in [2.05, 4.69) is 16.6 Å². The highest BCUT2D eigenvalue weighted by molar-refractivity contribution is 7.92. The Hall–Kier alpha value is -2.60. The van der Waals surface area contributed by atoms with Gasteiger partial charge in [-0.25, -0.2) is 8.42 Å². The fraction of sp³-hybridized carbons (Fsp3) is 0.167. The van der Waals surface area contributed by atoms with Gasteiger partial charge < -0.3 is 5.32 Å². The van der Waals surface area contributed by atoms with Crippen molar-refractivity contribution in [1.29, 1.82) is 0 Å². The summed E-state index contributed by atoms with van der Waals surface area (Å²) < 4.78 is 27.7. The van der Waals surface area contributed by atoms with Crippen molar-refractivity contribution in [2.45, 2.75) is 18.7 Å². The Morgan fingerprint density at radius 3 is 2.58 bits per heavy atom. The lowest BCUT2D eigenvalue weighted by atomic mass is 10.1. The van der Waals surface area contributed by atoms with Crippen molar-refractivity contribution >= 4 is 21.6 Å².